The zero-order valence-electron chi connectivity index (χ0n) is 10.3. The molecule has 0 fully saturated rings. The van der Waals surface area contributed by atoms with Crippen LogP contribution in [0.4, 0.5) is 0 Å². The van der Waals surface area contributed by atoms with Gasteiger partial charge in [0.15, 0.2) is 0 Å². The van der Waals surface area contributed by atoms with Gasteiger partial charge >= 0.3 is 0 Å². The van der Waals surface area contributed by atoms with E-state index in [9.17, 15) is 10.2 Å². The summed E-state index contributed by atoms with van der Waals surface area (Å²) in [7, 11) is 0. The van der Waals surface area contributed by atoms with E-state index in [1.165, 1.54) is 0 Å². The average molecular weight is 295 g/mol. The number of hydrogen-bond acceptors (Lipinski definition) is 3. The van der Waals surface area contributed by atoms with Crippen molar-refractivity contribution in [2.75, 3.05) is 5.75 Å². The first-order chi connectivity index (χ1) is 9.13. The summed E-state index contributed by atoms with van der Waals surface area (Å²) in [5.74, 6) is 0.854. The summed E-state index contributed by atoms with van der Waals surface area (Å²) in [6.45, 7) is 0. The maximum Gasteiger partial charge on any atom is 0.115 e. The lowest BCUT2D eigenvalue weighted by Crippen LogP contribution is -2.13. The van der Waals surface area contributed by atoms with Crippen LogP contribution in [0.15, 0.2) is 53.4 Å². The molecular weight excluding hydrogens is 280 g/mol. The summed E-state index contributed by atoms with van der Waals surface area (Å²) in [4.78, 5) is 1.05. The summed E-state index contributed by atoms with van der Waals surface area (Å²) in [5.41, 5.74) is 1.01. The van der Waals surface area contributed by atoms with E-state index in [2.05, 4.69) is 0 Å². The molecule has 0 saturated carbocycles. The Morgan fingerprint density at radius 2 is 1.84 bits per heavy atom. The molecule has 2 nitrogen and oxygen atoms in total. The number of aliphatic hydroxyl groups excluding tert-OH is 1. The van der Waals surface area contributed by atoms with Crippen molar-refractivity contribution in [3.63, 3.8) is 0 Å². The van der Waals surface area contributed by atoms with Crippen molar-refractivity contribution >= 4 is 23.4 Å². The number of thioether (sulfide) groups is 1. The molecule has 2 N–H and O–H groups in total. The van der Waals surface area contributed by atoms with E-state index in [1.54, 1.807) is 23.9 Å². The van der Waals surface area contributed by atoms with Gasteiger partial charge in [-0.2, -0.15) is 0 Å². The van der Waals surface area contributed by atoms with Crippen molar-refractivity contribution in [1.82, 2.24) is 0 Å². The van der Waals surface area contributed by atoms with Gasteiger partial charge in [-0.25, -0.2) is 0 Å². The highest BCUT2D eigenvalue weighted by Crippen LogP contribution is 2.23. The third-order valence-electron chi connectivity index (χ3n) is 2.65. The molecular formula is C15H15ClO2S. The fourth-order valence-corrected chi connectivity index (χ4v) is 2.85. The van der Waals surface area contributed by atoms with Crippen LogP contribution in [0.5, 0.6) is 5.75 Å². The standard InChI is InChI=1S/C15H15ClO2S/c16-12-2-1-3-15(9-12)19-10-14(18)8-11-4-6-13(17)7-5-11/h1-7,9,14,17-18H,8,10H2. The quantitative estimate of drug-likeness (QED) is 0.825. The number of halogens is 1. The van der Waals surface area contributed by atoms with Crippen molar-refractivity contribution < 1.29 is 10.2 Å². The monoisotopic (exact) mass is 294 g/mol. The van der Waals surface area contributed by atoms with Crippen LogP contribution in [0.3, 0.4) is 0 Å². The molecule has 0 aliphatic carbocycles. The van der Waals surface area contributed by atoms with Crippen LogP contribution in [0, 0.1) is 0 Å². The third kappa shape index (κ3) is 4.78. The van der Waals surface area contributed by atoms with E-state index in [4.69, 9.17) is 11.6 Å². The second-order valence-corrected chi connectivity index (χ2v) is 5.82. The second kappa shape index (κ2) is 6.85. The lowest BCUT2D eigenvalue weighted by Gasteiger charge is -2.10. The molecule has 0 heterocycles. The molecule has 0 spiro atoms. The molecule has 2 aromatic carbocycles. The minimum atomic E-state index is -0.423. The maximum atomic E-state index is 9.99. The van der Waals surface area contributed by atoms with Crippen LogP contribution in [-0.2, 0) is 6.42 Å². The van der Waals surface area contributed by atoms with Gasteiger partial charge in [-0.3, -0.25) is 0 Å². The van der Waals surface area contributed by atoms with E-state index in [-0.39, 0.29) is 5.75 Å². The van der Waals surface area contributed by atoms with Crippen LogP contribution in [0.1, 0.15) is 5.56 Å². The Kier molecular flexibility index (Phi) is 5.14. The van der Waals surface area contributed by atoms with Crippen LogP contribution in [-0.4, -0.2) is 22.1 Å². The largest absolute Gasteiger partial charge is 0.508 e. The Morgan fingerprint density at radius 3 is 2.53 bits per heavy atom. The Bertz CT molecular complexity index is 528. The zero-order valence-corrected chi connectivity index (χ0v) is 11.9. The summed E-state index contributed by atoms with van der Waals surface area (Å²) < 4.78 is 0. The molecule has 100 valence electrons. The normalized spacial score (nSPS) is 12.3. The summed E-state index contributed by atoms with van der Waals surface area (Å²) >= 11 is 7.49. The Hall–Kier alpha value is -1.16. The van der Waals surface area contributed by atoms with Gasteiger partial charge in [0.05, 0.1) is 6.10 Å². The van der Waals surface area contributed by atoms with Gasteiger partial charge in [-0.15, -0.1) is 11.8 Å². The van der Waals surface area contributed by atoms with Gasteiger partial charge in [-0.05, 0) is 42.3 Å². The zero-order chi connectivity index (χ0) is 13.7. The van der Waals surface area contributed by atoms with E-state index < -0.39 is 6.10 Å². The van der Waals surface area contributed by atoms with Crippen LogP contribution >= 0.6 is 23.4 Å². The van der Waals surface area contributed by atoms with E-state index >= 15 is 0 Å². The lowest BCUT2D eigenvalue weighted by molar-refractivity contribution is 0.200. The third-order valence-corrected chi connectivity index (χ3v) is 4.02. The molecule has 0 aliphatic heterocycles. The van der Waals surface area contributed by atoms with Crippen LogP contribution in [0.2, 0.25) is 5.02 Å². The van der Waals surface area contributed by atoms with Gasteiger partial charge in [0.2, 0.25) is 0 Å². The van der Waals surface area contributed by atoms with Gasteiger partial charge in [0.25, 0.3) is 0 Å². The number of hydrogen-bond donors (Lipinski definition) is 2. The van der Waals surface area contributed by atoms with Gasteiger partial charge in [0, 0.05) is 15.7 Å². The highest BCUT2D eigenvalue weighted by atomic mass is 35.5. The number of phenolic OH excluding ortho intramolecular Hbond substituents is 1. The van der Waals surface area contributed by atoms with Gasteiger partial charge in [-0.1, -0.05) is 29.8 Å². The fourth-order valence-electron chi connectivity index (χ4n) is 1.71. The molecule has 1 atom stereocenters. The molecule has 0 bridgehead atoms. The van der Waals surface area contributed by atoms with Crippen molar-refractivity contribution in [3.8, 4) is 5.75 Å². The molecule has 0 amide bonds. The number of benzene rings is 2. The number of aliphatic hydroxyl groups is 1. The highest BCUT2D eigenvalue weighted by Gasteiger charge is 2.07. The van der Waals surface area contributed by atoms with E-state index in [0.717, 1.165) is 10.5 Å². The first-order valence-electron chi connectivity index (χ1n) is 5.98. The van der Waals surface area contributed by atoms with Crippen LogP contribution < -0.4 is 0 Å². The summed E-state index contributed by atoms with van der Waals surface area (Å²) in [6.07, 6.45) is 0.155. The summed E-state index contributed by atoms with van der Waals surface area (Å²) in [6, 6.07) is 14.5. The fraction of sp³-hybridized carbons (Fsp3) is 0.200. The molecule has 0 aromatic heterocycles. The lowest BCUT2D eigenvalue weighted by atomic mass is 10.1. The van der Waals surface area contributed by atoms with Gasteiger partial charge < -0.3 is 10.2 Å². The minimum Gasteiger partial charge on any atom is -0.508 e. The highest BCUT2D eigenvalue weighted by molar-refractivity contribution is 7.99. The van der Waals surface area contributed by atoms with Crippen molar-refractivity contribution in [2.24, 2.45) is 0 Å². The van der Waals surface area contributed by atoms with E-state index in [0.29, 0.717) is 17.2 Å². The smallest absolute Gasteiger partial charge is 0.115 e. The summed E-state index contributed by atoms with van der Waals surface area (Å²) in [5, 5.41) is 19.9. The number of rotatable bonds is 5. The van der Waals surface area contributed by atoms with Gasteiger partial charge in [0.1, 0.15) is 5.75 Å². The minimum absolute atomic E-state index is 0.242. The SMILES string of the molecule is Oc1ccc(CC(O)CSc2cccc(Cl)c2)cc1. The molecule has 19 heavy (non-hydrogen) atoms. The van der Waals surface area contributed by atoms with Crippen molar-refractivity contribution in [2.45, 2.75) is 17.4 Å². The molecule has 0 aliphatic rings. The molecule has 2 rings (SSSR count). The molecule has 0 saturated heterocycles. The molecule has 4 heteroatoms. The Balaban J connectivity index is 1.84. The van der Waals surface area contributed by atoms with Crippen molar-refractivity contribution in [1.29, 1.82) is 0 Å². The Labute approximate surface area is 122 Å². The first-order valence-corrected chi connectivity index (χ1v) is 7.34. The number of aromatic hydroxyl groups is 1. The predicted molar refractivity (Wildman–Crippen MR) is 80.0 cm³/mol. The Morgan fingerprint density at radius 1 is 1.11 bits per heavy atom. The van der Waals surface area contributed by atoms with E-state index in [1.807, 2.05) is 36.4 Å². The maximum absolute atomic E-state index is 9.99. The van der Waals surface area contributed by atoms with Crippen LogP contribution in [0.25, 0.3) is 0 Å². The first kappa shape index (κ1) is 14.3. The number of phenols is 1. The molecule has 0 radical (unpaired) electrons. The molecule has 2 aromatic rings. The topological polar surface area (TPSA) is 40.5 Å². The average Bonchev–Trinajstić information content (AvgIpc) is 2.39. The van der Waals surface area contributed by atoms with Crippen molar-refractivity contribution in [3.05, 3.63) is 59.1 Å². The second-order valence-electron chi connectivity index (χ2n) is 4.29. The predicted octanol–water partition coefficient (Wildman–Crippen LogP) is 3.74. The molecule has 1 unspecified atom stereocenters.